The third kappa shape index (κ3) is 3.73. The summed E-state index contributed by atoms with van der Waals surface area (Å²) in [5, 5.41) is 3.03. The molecule has 1 aliphatic heterocycles. The summed E-state index contributed by atoms with van der Waals surface area (Å²) in [4.78, 5) is 25.8. The monoisotopic (exact) mass is 294 g/mol. The van der Waals surface area contributed by atoms with Gasteiger partial charge in [-0.1, -0.05) is 30.7 Å². The van der Waals surface area contributed by atoms with Gasteiger partial charge in [0, 0.05) is 13.1 Å². The van der Waals surface area contributed by atoms with Crippen LogP contribution in [0.5, 0.6) is 0 Å². The van der Waals surface area contributed by atoms with E-state index >= 15 is 0 Å². The Morgan fingerprint density at radius 2 is 1.95 bits per heavy atom. The SMILES string of the molecule is CC1CCN(C(=O)CNC(=O)c2ccccc2Cl)CC1. The van der Waals surface area contributed by atoms with E-state index < -0.39 is 0 Å². The number of halogens is 1. The first kappa shape index (κ1) is 14.9. The van der Waals surface area contributed by atoms with Gasteiger partial charge < -0.3 is 10.2 Å². The fourth-order valence-corrected chi connectivity index (χ4v) is 2.49. The summed E-state index contributed by atoms with van der Waals surface area (Å²) in [6.45, 7) is 3.78. The molecule has 0 unspecified atom stereocenters. The molecule has 2 amide bonds. The molecule has 5 heteroatoms. The molecule has 1 aromatic carbocycles. The summed E-state index contributed by atoms with van der Waals surface area (Å²) in [6, 6.07) is 6.81. The van der Waals surface area contributed by atoms with E-state index in [2.05, 4.69) is 12.2 Å². The zero-order valence-corrected chi connectivity index (χ0v) is 12.3. The number of carbonyl (C=O) groups excluding carboxylic acids is 2. The van der Waals surface area contributed by atoms with Crippen LogP contribution in [0.3, 0.4) is 0 Å². The van der Waals surface area contributed by atoms with Gasteiger partial charge in [0.05, 0.1) is 17.1 Å². The molecule has 1 aliphatic rings. The summed E-state index contributed by atoms with van der Waals surface area (Å²) in [6.07, 6.45) is 2.06. The maximum atomic E-state index is 12.0. The van der Waals surface area contributed by atoms with Crippen molar-refractivity contribution in [3.63, 3.8) is 0 Å². The van der Waals surface area contributed by atoms with Crippen molar-refractivity contribution >= 4 is 23.4 Å². The van der Waals surface area contributed by atoms with Gasteiger partial charge >= 0.3 is 0 Å². The van der Waals surface area contributed by atoms with Gasteiger partial charge in [0.1, 0.15) is 0 Å². The summed E-state index contributed by atoms with van der Waals surface area (Å²) in [7, 11) is 0. The lowest BCUT2D eigenvalue weighted by molar-refractivity contribution is -0.131. The molecule has 0 saturated carbocycles. The number of nitrogens with zero attached hydrogens (tertiary/aromatic N) is 1. The molecule has 2 rings (SSSR count). The second-order valence-electron chi connectivity index (χ2n) is 5.23. The van der Waals surface area contributed by atoms with Crippen molar-refractivity contribution in [2.75, 3.05) is 19.6 Å². The van der Waals surface area contributed by atoms with Crippen LogP contribution in [-0.2, 0) is 4.79 Å². The predicted molar refractivity (Wildman–Crippen MR) is 78.8 cm³/mol. The summed E-state index contributed by atoms with van der Waals surface area (Å²) >= 11 is 5.94. The molecule has 1 N–H and O–H groups in total. The van der Waals surface area contributed by atoms with Crippen molar-refractivity contribution in [3.8, 4) is 0 Å². The van der Waals surface area contributed by atoms with Gasteiger partial charge in [0.15, 0.2) is 0 Å². The maximum absolute atomic E-state index is 12.0. The number of benzene rings is 1. The summed E-state index contributed by atoms with van der Waals surface area (Å²) in [5.74, 6) is 0.336. The largest absolute Gasteiger partial charge is 0.343 e. The molecule has 0 spiro atoms. The molecule has 0 atom stereocenters. The van der Waals surface area contributed by atoms with E-state index in [4.69, 9.17) is 11.6 Å². The predicted octanol–water partition coefficient (Wildman–Crippen LogP) is 2.33. The van der Waals surface area contributed by atoms with E-state index in [1.807, 2.05) is 4.90 Å². The Morgan fingerprint density at radius 1 is 1.30 bits per heavy atom. The highest BCUT2D eigenvalue weighted by Gasteiger charge is 2.20. The van der Waals surface area contributed by atoms with Crippen molar-refractivity contribution < 1.29 is 9.59 Å². The molecule has 20 heavy (non-hydrogen) atoms. The van der Waals surface area contributed by atoms with E-state index in [1.165, 1.54) is 0 Å². The van der Waals surface area contributed by atoms with Crippen LogP contribution in [0.1, 0.15) is 30.1 Å². The lowest BCUT2D eigenvalue weighted by Gasteiger charge is -2.30. The average molecular weight is 295 g/mol. The summed E-state index contributed by atoms with van der Waals surface area (Å²) < 4.78 is 0. The van der Waals surface area contributed by atoms with Crippen LogP contribution < -0.4 is 5.32 Å². The Kier molecular flexibility index (Phi) is 5.01. The lowest BCUT2D eigenvalue weighted by atomic mass is 9.99. The first-order valence-electron chi connectivity index (χ1n) is 6.88. The normalized spacial score (nSPS) is 16.0. The lowest BCUT2D eigenvalue weighted by Crippen LogP contribution is -2.43. The van der Waals surface area contributed by atoms with Gasteiger partial charge in [-0.25, -0.2) is 0 Å². The quantitative estimate of drug-likeness (QED) is 0.930. The Hall–Kier alpha value is -1.55. The third-order valence-electron chi connectivity index (χ3n) is 3.65. The zero-order valence-electron chi connectivity index (χ0n) is 11.6. The Labute approximate surface area is 124 Å². The molecule has 1 heterocycles. The minimum Gasteiger partial charge on any atom is -0.343 e. The van der Waals surface area contributed by atoms with E-state index in [1.54, 1.807) is 24.3 Å². The Morgan fingerprint density at radius 3 is 2.60 bits per heavy atom. The molecule has 0 bridgehead atoms. The van der Waals surface area contributed by atoms with Gasteiger partial charge in [0.2, 0.25) is 5.91 Å². The van der Waals surface area contributed by atoms with Crippen molar-refractivity contribution in [1.29, 1.82) is 0 Å². The highest BCUT2D eigenvalue weighted by atomic mass is 35.5. The number of hydrogen-bond donors (Lipinski definition) is 1. The van der Waals surface area contributed by atoms with Crippen LogP contribution >= 0.6 is 11.6 Å². The molecule has 4 nitrogen and oxygen atoms in total. The second kappa shape index (κ2) is 6.75. The number of hydrogen-bond acceptors (Lipinski definition) is 2. The van der Waals surface area contributed by atoms with Crippen LogP contribution in [0, 0.1) is 5.92 Å². The third-order valence-corrected chi connectivity index (χ3v) is 3.98. The van der Waals surface area contributed by atoms with E-state index in [0.717, 1.165) is 25.9 Å². The highest BCUT2D eigenvalue weighted by Crippen LogP contribution is 2.16. The minimum absolute atomic E-state index is 0.0262. The second-order valence-corrected chi connectivity index (χ2v) is 5.63. The molecule has 1 fully saturated rings. The van der Waals surface area contributed by atoms with Crippen molar-refractivity contribution in [3.05, 3.63) is 34.9 Å². The van der Waals surface area contributed by atoms with E-state index in [-0.39, 0.29) is 18.4 Å². The number of carbonyl (C=O) groups is 2. The minimum atomic E-state index is -0.311. The van der Waals surface area contributed by atoms with Gasteiger partial charge in [-0.15, -0.1) is 0 Å². The highest BCUT2D eigenvalue weighted by molar-refractivity contribution is 6.33. The molecular weight excluding hydrogens is 276 g/mol. The standard InChI is InChI=1S/C15H19ClN2O2/c1-11-6-8-18(9-7-11)14(19)10-17-15(20)12-4-2-3-5-13(12)16/h2-5,11H,6-10H2,1H3,(H,17,20). The molecule has 1 saturated heterocycles. The van der Waals surface area contributed by atoms with Gasteiger partial charge in [-0.05, 0) is 30.9 Å². The van der Waals surface area contributed by atoms with E-state index in [0.29, 0.717) is 16.5 Å². The molecule has 0 aromatic heterocycles. The smallest absolute Gasteiger partial charge is 0.253 e. The molecule has 1 aromatic rings. The van der Waals surface area contributed by atoms with Crippen molar-refractivity contribution in [1.82, 2.24) is 10.2 Å². The number of piperidine rings is 1. The molecule has 0 radical (unpaired) electrons. The molecule has 0 aliphatic carbocycles. The van der Waals surface area contributed by atoms with Gasteiger partial charge in [-0.3, -0.25) is 9.59 Å². The molecule has 108 valence electrons. The fourth-order valence-electron chi connectivity index (χ4n) is 2.27. The number of rotatable bonds is 3. The number of amides is 2. The first-order chi connectivity index (χ1) is 9.58. The number of nitrogens with one attached hydrogen (secondary N) is 1. The van der Waals surface area contributed by atoms with Crippen LogP contribution in [0.2, 0.25) is 5.02 Å². The van der Waals surface area contributed by atoms with Crippen LogP contribution in [-0.4, -0.2) is 36.3 Å². The topological polar surface area (TPSA) is 49.4 Å². The zero-order chi connectivity index (χ0) is 14.5. The fraction of sp³-hybridized carbons (Fsp3) is 0.467. The van der Waals surface area contributed by atoms with Gasteiger partial charge in [0.25, 0.3) is 5.91 Å². The van der Waals surface area contributed by atoms with Crippen molar-refractivity contribution in [2.45, 2.75) is 19.8 Å². The Balaban J connectivity index is 1.84. The summed E-state index contributed by atoms with van der Waals surface area (Å²) in [5.41, 5.74) is 0.397. The first-order valence-corrected chi connectivity index (χ1v) is 7.26. The van der Waals surface area contributed by atoms with Crippen molar-refractivity contribution in [2.24, 2.45) is 5.92 Å². The van der Waals surface area contributed by atoms with Crippen LogP contribution in [0.25, 0.3) is 0 Å². The number of likely N-dealkylation sites (tertiary alicyclic amines) is 1. The molecular formula is C15H19ClN2O2. The van der Waals surface area contributed by atoms with Crippen LogP contribution in [0.15, 0.2) is 24.3 Å². The van der Waals surface area contributed by atoms with E-state index in [9.17, 15) is 9.59 Å². The van der Waals surface area contributed by atoms with Gasteiger partial charge in [-0.2, -0.15) is 0 Å². The Bertz CT molecular complexity index is 496. The average Bonchev–Trinajstić information content (AvgIpc) is 2.45. The van der Waals surface area contributed by atoms with Crippen LogP contribution in [0.4, 0.5) is 0 Å². The maximum Gasteiger partial charge on any atom is 0.253 e.